The lowest BCUT2D eigenvalue weighted by Crippen LogP contribution is -2.27. The van der Waals surface area contributed by atoms with E-state index in [4.69, 9.17) is 4.42 Å². The second-order valence-electron chi connectivity index (χ2n) is 5.74. The van der Waals surface area contributed by atoms with E-state index in [0.29, 0.717) is 5.75 Å². The summed E-state index contributed by atoms with van der Waals surface area (Å²) in [5.41, 5.74) is 0.967. The normalized spacial score (nSPS) is 12.0. The Labute approximate surface area is 154 Å². The van der Waals surface area contributed by atoms with Crippen molar-refractivity contribution in [1.82, 2.24) is 5.32 Å². The second kappa shape index (κ2) is 8.19. The summed E-state index contributed by atoms with van der Waals surface area (Å²) < 4.78 is 32.2. The van der Waals surface area contributed by atoms with Crippen LogP contribution >= 0.6 is 11.8 Å². The van der Waals surface area contributed by atoms with Crippen molar-refractivity contribution in [3.8, 4) is 0 Å². The molecule has 1 aromatic heterocycles. The van der Waals surface area contributed by atoms with E-state index in [9.17, 15) is 13.6 Å². The van der Waals surface area contributed by atoms with Crippen LogP contribution in [-0.2, 0) is 5.75 Å². The van der Waals surface area contributed by atoms with Gasteiger partial charge in [-0.15, -0.1) is 11.8 Å². The van der Waals surface area contributed by atoms with Gasteiger partial charge in [0.1, 0.15) is 11.6 Å². The van der Waals surface area contributed by atoms with Gasteiger partial charge < -0.3 is 9.73 Å². The van der Waals surface area contributed by atoms with Crippen LogP contribution < -0.4 is 5.32 Å². The summed E-state index contributed by atoms with van der Waals surface area (Å²) in [5, 5.41) is 2.69. The van der Waals surface area contributed by atoms with Crippen molar-refractivity contribution in [1.29, 1.82) is 0 Å². The van der Waals surface area contributed by atoms with E-state index < -0.39 is 23.6 Å². The Hall–Kier alpha value is -2.60. The molecule has 26 heavy (non-hydrogen) atoms. The van der Waals surface area contributed by atoms with E-state index in [2.05, 4.69) is 5.32 Å². The van der Waals surface area contributed by atoms with Crippen LogP contribution in [0.25, 0.3) is 0 Å². The van der Waals surface area contributed by atoms with Gasteiger partial charge >= 0.3 is 0 Å². The largest absolute Gasteiger partial charge is 0.459 e. The zero-order valence-corrected chi connectivity index (χ0v) is 14.9. The molecular formula is C20H17F2NO2S. The molecular weight excluding hydrogens is 356 g/mol. The van der Waals surface area contributed by atoms with Gasteiger partial charge in [0.2, 0.25) is 0 Å². The molecule has 134 valence electrons. The third-order valence-corrected chi connectivity index (χ3v) is 4.93. The number of halogens is 2. The molecule has 0 saturated carbocycles. The summed E-state index contributed by atoms with van der Waals surface area (Å²) >= 11 is 1.59. The van der Waals surface area contributed by atoms with E-state index in [1.807, 2.05) is 30.3 Å². The van der Waals surface area contributed by atoms with E-state index in [0.717, 1.165) is 22.6 Å². The Morgan fingerprint density at radius 2 is 1.92 bits per heavy atom. The van der Waals surface area contributed by atoms with E-state index in [-0.39, 0.29) is 11.3 Å². The van der Waals surface area contributed by atoms with Crippen molar-refractivity contribution in [3.05, 3.63) is 89.4 Å². The minimum Gasteiger partial charge on any atom is -0.459 e. The van der Waals surface area contributed by atoms with Crippen LogP contribution in [0.3, 0.4) is 0 Å². The lowest BCUT2D eigenvalue weighted by atomic mass is 10.1. The average Bonchev–Trinajstić information content (AvgIpc) is 3.09. The number of nitrogens with one attached hydrogen (secondary N) is 1. The predicted octanol–water partition coefficient (Wildman–Crippen LogP) is 5.34. The summed E-state index contributed by atoms with van der Waals surface area (Å²) in [6.07, 6.45) is 1.46. The first kappa shape index (κ1) is 18.2. The minimum absolute atomic E-state index is 0.197. The highest BCUT2D eigenvalue weighted by atomic mass is 32.2. The number of furan rings is 1. The summed E-state index contributed by atoms with van der Waals surface area (Å²) in [4.78, 5) is 13.6. The fourth-order valence-electron chi connectivity index (χ4n) is 2.52. The molecule has 1 atom stereocenters. The summed E-state index contributed by atoms with van der Waals surface area (Å²) in [6, 6.07) is 14.2. The van der Waals surface area contributed by atoms with Crippen LogP contribution in [0.15, 0.2) is 70.2 Å². The number of thioether (sulfide) groups is 1. The molecule has 2 aromatic carbocycles. The number of hydrogen-bond donors (Lipinski definition) is 1. The van der Waals surface area contributed by atoms with Crippen LogP contribution in [0.5, 0.6) is 0 Å². The van der Waals surface area contributed by atoms with Crippen LogP contribution in [0.1, 0.15) is 34.6 Å². The molecule has 1 unspecified atom stereocenters. The van der Waals surface area contributed by atoms with Gasteiger partial charge in [0.25, 0.3) is 5.91 Å². The third-order valence-electron chi connectivity index (χ3n) is 3.87. The second-order valence-corrected chi connectivity index (χ2v) is 6.79. The fourth-order valence-corrected chi connectivity index (χ4v) is 3.42. The lowest BCUT2D eigenvalue weighted by molar-refractivity contribution is 0.0910. The Morgan fingerprint density at radius 1 is 1.15 bits per heavy atom. The Kier molecular flexibility index (Phi) is 5.73. The fraction of sp³-hybridized carbons (Fsp3) is 0.150. The van der Waals surface area contributed by atoms with E-state index in [1.165, 1.54) is 12.3 Å². The van der Waals surface area contributed by atoms with Gasteiger partial charge in [-0.25, -0.2) is 8.78 Å². The molecule has 3 nitrogen and oxygen atoms in total. The molecule has 1 amide bonds. The van der Waals surface area contributed by atoms with Gasteiger partial charge in [0, 0.05) is 27.8 Å². The maximum Gasteiger partial charge on any atom is 0.287 e. The van der Waals surface area contributed by atoms with Crippen LogP contribution in [0.2, 0.25) is 0 Å². The SMILES string of the molecule is CC(NC(=O)c1occc1CSc1ccccc1)c1ccc(F)cc1F. The van der Waals surface area contributed by atoms with Crippen molar-refractivity contribution in [2.45, 2.75) is 23.6 Å². The number of hydrogen-bond acceptors (Lipinski definition) is 3. The minimum atomic E-state index is -0.697. The molecule has 0 saturated heterocycles. The zero-order valence-electron chi connectivity index (χ0n) is 14.0. The molecule has 3 rings (SSSR count). The van der Waals surface area contributed by atoms with Crippen molar-refractivity contribution in [3.63, 3.8) is 0 Å². The Balaban J connectivity index is 1.67. The van der Waals surface area contributed by atoms with Crippen molar-refractivity contribution in [2.24, 2.45) is 0 Å². The molecule has 0 bridgehead atoms. The molecule has 0 aliphatic heterocycles. The molecule has 3 aromatic rings. The van der Waals surface area contributed by atoms with Crippen LogP contribution in [0, 0.1) is 11.6 Å². The molecule has 0 spiro atoms. The Bertz CT molecular complexity index is 896. The number of carbonyl (C=O) groups is 1. The first-order valence-electron chi connectivity index (χ1n) is 8.04. The number of carbonyl (C=O) groups excluding carboxylic acids is 1. The quantitative estimate of drug-likeness (QED) is 0.593. The molecule has 6 heteroatoms. The lowest BCUT2D eigenvalue weighted by Gasteiger charge is -2.15. The molecule has 0 fully saturated rings. The summed E-state index contributed by atoms with van der Waals surface area (Å²) in [5.74, 6) is -1.02. The first-order valence-corrected chi connectivity index (χ1v) is 9.03. The predicted molar refractivity (Wildman–Crippen MR) is 97.0 cm³/mol. The summed E-state index contributed by atoms with van der Waals surface area (Å²) in [6.45, 7) is 1.63. The maximum atomic E-state index is 13.9. The first-order chi connectivity index (χ1) is 12.5. The monoisotopic (exact) mass is 373 g/mol. The molecule has 0 radical (unpaired) electrons. The van der Waals surface area contributed by atoms with Crippen LogP contribution in [0.4, 0.5) is 8.78 Å². The van der Waals surface area contributed by atoms with Gasteiger partial charge in [-0.05, 0) is 31.2 Å². The van der Waals surface area contributed by atoms with E-state index >= 15 is 0 Å². The average molecular weight is 373 g/mol. The molecule has 0 aliphatic rings. The topological polar surface area (TPSA) is 42.2 Å². The van der Waals surface area contributed by atoms with Gasteiger partial charge in [-0.3, -0.25) is 4.79 Å². The van der Waals surface area contributed by atoms with Crippen molar-refractivity contribution in [2.75, 3.05) is 0 Å². The van der Waals surface area contributed by atoms with Gasteiger partial charge in [-0.1, -0.05) is 24.3 Å². The highest BCUT2D eigenvalue weighted by molar-refractivity contribution is 7.98. The standard InChI is InChI=1S/C20H17F2NO2S/c1-13(17-8-7-15(21)11-18(17)22)23-20(24)19-14(9-10-25-19)12-26-16-5-3-2-4-6-16/h2-11,13H,12H2,1H3,(H,23,24). The molecule has 1 N–H and O–H groups in total. The number of benzene rings is 2. The van der Waals surface area contributed by atoms with Crippen LogP contribution in [-0.4, -0.2) is 5.91 Å². The van der Waals surface area contributed by atoms with Gasteiger partial charge in [0.05, 0.1) is 12.3 Å². The number of rotatable bonds is 6. The molecule has 1 heterocycles. The Morgan fingerprint density at radius 3 is 2.65 bits per heavy atom. The number of amides is 1. The van der Waals surface area contributed by atoms with Crippen molar-refractivity contribution < 1.29 is 18.0 Å². The molecule has 0 aliphatic carbocycles. The maximum absolute atomic E-state index is 13.9. The highest BCUT2D eigenvalue weighted by Crippen LogP contribution is 2.25. The zero-order chi connectivity index (χ0) is 18.5. The van der Waals surface area contributed by atoms with Gasteiger partial charge in [-0.2, -0.15) is 0 Å². The summed E-state index contributed by atoms with van der Waals surface area (Å²) in [7, 11) is 0. The smallest absolute Gasteiger partial charge is 0.287 e. The third kappa shape index (κ3) is 4.32. The van der Waals surface area contributed by atoms with Gasteiger partial charge in [0.15, 0.2) is 5.76 Å². The highest BCUT2D eigenvalue weighted by Gasteiger charge is 2.20. The van der Waals surface area contributed by atoms with E-state index in [1.54, 1.807) is 24.8 Å². The van der Waals surface area contributed by atoms with Crippen molar-refractivity contribution >= 4 is 17.7 Å².